The summed E-state index contributed by atoms with van der Waals surface area (Å²) in [6, 6.07) is 12.8. The number of ether oxygens (including phenoxy) is 1. The molecule has 108 valence electrons. The molecule has 0 saturated heterocycles. The number of furan rings is 1. The van der Waals surface area contributed by atoms with Crippen LogP contribution in [0.25, 0.3) is 0 Å². The molecule has 0 aliphatic carbocycles. The third-order valence-electron chi connectivity index (χ3n) is 3.54. The zero-order chi connectivity index (χ0) is 14.4. The fourth-order valence-electron chi connectivity index (χ4n) is 2.44. The molecule has 1 N–H and O–H groups in total. The largest absolute Gasteiger partial charge is 0.496 e. The minimum Gasteiger partial charge on any atom is -0.496 e. The van der Waals surface area contributed by atoms with Crippen LogP contribution in [0.15, 0.2) is 47.1 Å². The Bertz CT molecular complexity index is 507. The van der Waals surface area contributed by atoms with Crippen molar-refractivity contribution in [1.29, 1.82) is 0 Å². The topological polar surface area (TPSA) is 34.4 Å². The second-order valence-corrected chi connectivity index (χ2v) is 5.15. The lowest BCUT2D eigenvalue weighted by Crippen LogP contribution is -2.29. The van der Waals surface area contributed by atoms with Gasteiger partial charge in [-0.1, -0.05) is 18.2 Å². The van der Waals surface area contributed by atoms with Gasteiger partial charge in [0.25, 0.3) is 0 Å². The van der Waals surface area contributed by atoms with E-state index in [0.29, 0.717) is 6.04 Å². The number of para-hydroxylation sites is 1. The Kier molecular flexibility index (Phi) is 5.24. The van der Waals surface area contributed by atoms with Crippen molar-refractivity contribution in [2.45, 2.75) is 38.8 Å². The van der Waals surface area contributed by atoms with Gasteiger partial charge in [0, 0.05) is 24.1 Å². The first-order valence-electron chi connectivity index (χ1n) is 7.12. The molecule has 0 amide bonds. The SMILES string of the molecule is COc1ccccc1C(C)NC(C)CCc1ccco1. The van der Waals surface area contributed by atoms with Gasteiger partial charge in [-0.25, -0.2) is 0 Å². The van der Waals surface area contributed by atoms with E-state index in [1.165, 1.54) is 5.56 Å². The highest BCUT2D eigenvalue weighted by atomic mass is 16.5. The Balaban J connectivity index is 1.88. The maximum atomic E-state index is 5.41. The lowest BCUT2D eigenvalue weighted by atomic mass is 10.0. The molecule has 0 radical (unpaired) electrons. The molecule has 0 aliphatic heterocycles. The predicted octanol–water partition coefficient (Wildman–Crippen LogP) is 3.96. The summed E-state index contributed by atoms with van der Waals surface area (Å²) in [6.07, 6.45) is 3.73. The van der Waals surface area contributed by atoms with E-state index in [9.17, 15) is 0 Å². The maximum absolute atomic E-state index is 5.41. The Morgan fingerprint density at radius 2 is 1.95 bits per heavy atom. The molecule has 0 saturated carbocycles. The van der Waals surface area contributed by atoms with Gasteiger partial charge in [-0.05, 0) is 38.5 Å². The molecular formula is C17H23NO2. The summed E-state index contributed by atoms with van der Waals surface area (Å²) in [7, 11) is 1.71. The van der Waals surface area contributed by atoms with Gasteiger partial charge in [0.05, 0.1) is 13.4 Å². The van der Waals surface area contributed by atoms with Crippen LogP contribution in [0.3, 0.4) is 0 Å². The highest BCUT2D eigenvalue weighted by molar-refractivity contribution is 5.35. The molecule has 20 heavy (non-hydrogen) atoms. The van der Waals surface area contributed by atoms with Gasteiger partial charge in [-0.3, -0.25) is 0 Å². The standard InChI is InChI=1S/C17H23NO2/c1-13(10-11-15-7-6-12-20-15)18-14(2)16-8-4-5-9-17(16)19-3/h4-9,12-14,18H,10-11H2,1-3H3. The summed E-state index contributed by atoms with van der Waals surface area (Å²) < 4.78 is 10.8. The molecule has 2 aromatic rings. The number of methoxy groups -OCH3 is 1. The highest BCUT2D eigenvalue weighted by Crippen LogP contribution is 2.24. The third kappa shape index (κ3) is 3.87. The van der Waals surface area contributed by atoms with E-state index >= 15 is 0 Å². The molecule has 2 rings (SSSR count). The quantitative estimate of drug-likeness (QED) is 0.829. The lowest BCUT2D eigenvalue weighted by Gasteiger charge is -2.21. The van der Waals surface area contributed by atoms with Gasteiger partial charge in [0.15, 0.2) is 0 Å². The number of hydrogen-bond acceptors (Lipinski definition) is 3. The number of hydrogen-bond donors (Lipinski definition) is 1. The van der Waals surface area contributed by atoms with Crippen molar-refractivity contribution in [3.05, 3.63) is 54.0 Å². The van der Waals surface area contributed by atoms with Crippen LogP contribution < -0.4 is 10.1 Å². The average molecular weight is 273 g/mol. The summed E-state index contributed by atoms with van der Waals surface area (Å²) in [4.78, 5) is 0. The fourth-order valence-corrected chi connectivity index (χ4v) is 2.44. The molecule has 3 nitrogen and oxygen atoms in total. The second kappa shape index (κ2) is 7.15. The van der Waals surface area contributed by atoms with E-state index in [1.54, 1.807) is 13.4 Å². The monoisotopic (exact) mass is 273 g/mol. The number of aryl methyl sites for hydroxylation is 1. The van der Waals surface area contributed by atoms with Crippen LogP contribution >= 0.6 is 0 Å². The summed E-state index contributed by atoms with van der Waals surface area (Å²) in [5.74, 6) is 1.98. The van der Waals surface area contributed by atoms with Crippen molar-refractivity contribution < 1.29 is 9.15 Å². The Morgan fingerprint density at radius 3 is 2.65 bits per heavy atom. The predicted molar refractivity (Wildman–Crippen MR) is 81.0 cm³/mol. The van der Waals surface area contributed by atoms with Gasteiger partial charge >= 0.3 is 0 Å². The summed E-state index contributed by atoms with van der Waals surface area (Å²) in [6.45, 7) is 4.37. The van der Waals surface area contributed by atoms with Crippen LogP contribution in [0.5, 0.6) is 5.75 Å². The van der Waals surface area contributed by atoms with Gasteiger partial charge in [0.2, 0.25) is 0 Å². The van der Waals surface area contributed by atoms with Gasteiger partial charge < -0.3 is 14.5 Å². The highest BCUT2D eigenvalue weighted by Gasteiger charge is 2.13. The van der Waals surface area contributed by atoms with Crippen molar-refractivity contribution in [2.24, 2.45) is 0 Å². The van der Waals surface area contributed by atoms with E-state index in [4.69, 9.17) is 9.15 Å². The Labute approximate surface area is 121 Å². The first-order valence-corrected chi connectivity index (χ1v) is 7.12. The van der Waals surface area contributed by atoms with Gasteiger partial charge in [0.1, 0.15) is 11.5 Å². The van der Waals surface area contributed by atoms with Crippen LogP contribution in [0.4, 0.5) is 0 Å². The fraction of sp³-hybridized carbons (Fsp3) is 0.412. The summed E-state index contributed by atoms with van der Waals surface area (Å²) in [5.41, 5.74) is 1.19. The molecule has 0 fully saturated rings. The van der Waals surface area contributed by atoms with Crippen LogP contribution in [0.2, 0.25) is 0 Å². The maximum Gasteiger partial charge on any atom is 0.123 e. The number of nitrogens with one attached hydrogen (secondary N) is 1. The minimum atomic E-state index is 0.262. The molecule has 0 bridgehead atoms. The van der Waals surface area contributed by atoms with Crippen LogP contribution in [-0.4, -0.2) is 13.2 Å². The third-order valence-corrected chi connectivity index (χ3v) is 3.54. The molecule has 1 aromatic carbocycles. The summed E-state index contributed by atoms with van der Waals surface area (Å²) >= 11 is 0. The molecule has 1 aromatic heterocycles. The second-order valence-electron chi connectivity index (χ2n) is 5.15. The first kappa shape index (κ1) is 14.7. The van der Waals surface area contributed by atoms with E-state index < -0.39 is 0 Å². The van der Waals surface area contributed by atoms with Crippen LogP contribution in [-0.2, 0) is 6.42 Å². The molecule has 1 heterocycles. The Hall–Kier alpha value is -1.74. The van der Waals surface area contributed by atoms with Crippen molar-refractivity contribution in [3.8, 4) is 5.75 Å². The number of benzene rings is 1. The smallest absolute Gasteiger partial charge is 0.123 e. The molecular weight excluding hydrogens is 250 g/mol. The van der Waals surface area contributed by atoms with E-state index in [-0.39, 0.29) is 6.04 Å². The average Bonchev–Trinajstić information content (AvgIpc) is 2.98. The van der Waals surface area contributed by atoms with Gasteiger partial charge in [-0.2, -0.15) is 0 Å². The Morgan fingerprint density at radius 1 is 1.15 bits per heavy atom. The summed E-state index contributed by atoms with van der Waals surface area (Å²) in [5, 5.41) is 3.61. The molecule has 2 unspecified atom stereocenters. The normalized spacial score (nSPS) is 13.9. The van der Waals surface area contributed by atoms with E-state index in [0.717, 1.165) is 24.4 Å². The zero-order valence-electron chi connectivity index (χ0n) is 12.4. The molecule has 0 aliphatic rings. The van der Waals surface area contributed by atoms with Crippen molar-refractivity contribution in [1.82, 2.24) is 5.32 Å². The van der Waals surface area contributed by atoms with Crippen LogP contribution in [0.1, 0.15) is 37.6 Å². The van der Waals surface area contributed by atoms with Crippen molar-refractivity contribution >= 4 is 0 Å². The first-order chi connectivity index (χ1) is 9.70. The van der Waals surface area contributed by atoms with Crippen molar-refractivity contribution in [3.63, 3.8) is 0 Å². The van der Waals surface area contributed by atoms with Crippen molar-refractivity contribution in [2.75, 3.05) is 7.11 Å². The number of rotatable bonds is 7. The molecule has 3 heteroatoms. The molecule has 2 atom stereocenters. The van der Waals surface area contributed by atoms with E-state index in [1.807, 2.05) is 30.3 Å². The minimum absolute atomic E-state index is 0.262. The van der Waals surface area contributed by atoms with Crippen LogP contribution in [0, 0.1) is 0 Å². The molecule has 0 spiro atoms. The van der Waals surface area contributed by atoms with E-state index in [2.05, 4.69) is 25.2 Å². The van der Waals surface area contributed by atoms with Gasteiger partial charge in [-0.15, -0.1) is 0 Å². The zero-order valence-corrected chi connectivity index (χ0v) is 12.4. The lowest BCUT2D eigenvalue weighted by molar-refractivity contribution is 0.389.